The zero-order valence-corrected chi connectivity index (χ0v) is 11.7. The topological polar surface area (TPSA) is 102 Å². The minimum atomic E-state index is -3.05. The molecule has 19 heavy (non-hydrogen) atoms. The highest BCUT2D eigenvalue weighted by Gasteiger charge is 2.26. The van der Waals surface area contributed by atoms with E-state index in [9.17, 15) is 13.2 Å². The van der Waals surface area contributed by atoms with Gasteiger partial charge in [-0.15, -0.1) is 0 Å². The predicted molar refractivity (Wildman–Crippen MR) is 72.8 cm³/mol. The molecule has 1 aromatic rings. The molecule has 1 aromatic heterocycles. The van der Waals surface area contributed by atoms with Crippen molar-refractivity contribution in [2.24, 2.45) is 0 Å². The van der Waals surface area contributed by atoms with Gasteiger partial charge in [0.2, 0.25) is 0 Å². The first kappa shape index (κ1) is 14.1. The van der Waals surface area contributed by atoms with E-state index in [4.69, 9.17) is 17.3 Å². The molecular formula is C11H14ClN3O3S. The molecule has 0 bridgehead atoms. The Labute approximate surface area is 116 Å². The van der Waals surface area contributed by atoms with Gasteiger partial charge in [0.1, 0.15) is 5.82 Å². The van der Waals surface area contributed by atoms with E-state index < -0.39 is 15.7 Å². The Kier molecular flexibility index (Phi) is 3.96. The van der Waals surface area contributed by atoms with Crippen LogP contribution in [0.5, 0.6) is 0 Å². The largest absolute Gasteiger partial charge is 0.382 e. The highest BCUT2D eigenvalue weighted by Crippen LogP contribution is 2.17. The minimum absolute atomic E-state index is 0.0190. The SMILES string of the molecule is Nc1ncc(C(=O)NC2CCCS(=O)(=O)C2)cc1Cl. The van der Waals surface area contributed by atoms with Gasteiger partial charge in [-0.05, 0) is 18.9 Å². The number of hydrogen-bond acceptors (Lipinski definition) is 5. The molecule has 0 aromatic carbocycles. The Morgan fingerprint density at radius 1 is 1.53 bits per heavy atom. The van der Waals surface area contributed by atoms with Gasteiger partial charge in [0.05, 0.1) is 22.1 Å². The van der Waals surface area contributed by atoms with Gasteiger partial charge in [-0.3, -0.25) is 4.79 Å². The van der Waals surface area contributed by atoms with E-state index in [0.29, 0.717) is 12.8 Å². The first-order chi connectivity index (χ1) is 8.87. The van der Waals surface area contributed by atoms with Gasteiger partial charge in [-0.2, -0.15) is 0 Å². The minimum Gasteiger partial charge on any atom is -0.382 e. The van der Waals surface area contributed by atoms with Crippen LogP contribution in [0.25, 0.3) is 0 Å². The second-order valence-electron chi connectivity index (χ2n) is 4.52. The highest BCUT2D eigenvalue weighted by atomic mass is 35.5. The molecule has 3 N–H and O–H groups in total. The number of carbonyl (C=O) groups excluding carboxylic acids is 1. The van der Waals surface area contributed by atoms with Crippen molar-refractivity contribution in [3.8, 4) is 0 Å². The normalized spacial score (nSPS) is 21.8. The van der Waals surface area contributed by atoms with Crippen LogP contribution >= 0.6 is 11.6 Å². The fraction of sp³-hybridized carbons (Fsp3) is 0.455. The summed E-state index contributed by atoms with van der Waals surface area (Å²) in [6, 6.07) is 1.05. The van der Waals surface area contributed by atoms with Crippen LogP contribution in [-0.4, -0.2) is 36.9 Å². The van der Waals surface area contributed by atoms with Crippen molar-refractivity contribution in [2.75, 3.05) is 17.2 Å². The number of carbonyl (C=O) groups is 1. The Morgan fingerprint density at radius 2 is 2.26 bits per heavy atom. The van der Waals surface area contributed by atoms with Crippen molar-refractivity contribution in [3.05, 3.63) is 22.8 Å². The van der Waals surface area contributed by atoms with E-state index >= 15 is 0 Å². The number of anilines is 1. The van der Waals surface area contributed by atoms with Crippen molar-refractivity contribution in [1.82, 2.24) is 10.3 Å². The number of aromatic nitrogens is 1. The number of nitrogens with two attached hydrogens (primary N) is 1. The molecule has 2 heterocycles. The summed E-state index contributed by atoms with van der Waals surface area (Å²) in [5, 5.41) is 2.88. The Balaban J connectivity index is 2.06. The lowest BCUT2D eigenvalue weighted by atomic mass is 10.1. The quantitative estimate of drug-likeness (QED) is 0.834. The smallest absolute Gasteiger partial charge is 0.253 e. The molecule has 0 spiro atoms. The van der Waals surface area contributed by atoms with Crippen LogP contribution in [0.15, 0.2) is 12.3 Å². The van der Waals surface area contributed by atoms with Crippen LogP contribution in [0.3, 0.4) is 0 Å². The third-order valence-corrected chi connectivity index (χ3v) is 5.05. The van der Waals surface area contributed by atoms with Gasteiger partial charge in [0, 0.05) is 12.2 Å². The molecule has 1 saturated heterocycles. The van der Waals surface area contributed by atoms with Crippen LogP contribution in [0.1, 0.15) is 23.2 Å². The molecule has 8 heteroatoms. The molecule has 1 aliphatic heterocycles. The van der Waals surface area contributed by atoms with Crippen molar-refractivity contribution < 1.29 is 13.2 Å². The van der Waals surface area contributed by atoms with Crippen LogP contribution in [0.2, 0.25) is 5.02 Å². The highest BCUT2D eigenvalue weighted by molar-refractivity contribution is 7.91. The summed E-state index contributed by atoms with van der Waals surface area (Å²) in [5.41, 5.74) is 5.72. The van der Waals surface area contributed by atoms with Gasteiger partial charge in [-0.1, -0.05) is 11.6 Å². The fourth-order valence-corrected chi connectivity index (χ4v) is 3.78. The molecule has 104 valence electrons. The lowest BCUT2D eigenvalue weighted by Crippen LogP contribution is -2.43. The summed E-state index contributed by atoms with van der Waals surface area (Å²) in [6.07, 6.45) is 2.53. The van der Waals surface area contributed by atoms with Gasteiger partial charge in [0.15, 0.2) is 9.84 Å². The third-order valence-electron chi connectivity index (χ3n) is 2.93. The second kappa shape index (κ2) is 5.34. The van der Waals surface area contributed by atoms with Crippen molar-refractivity contribution in [3.63, 3.8) is 0 Å². The van der Waals surface area contributed by atoms with Crippen molar-refractivity contribution in [2.45, 2.75) is 18.9 Å². The molecule has 6 nitrogen and oxygen atoms in total. The summed E-state index contributed by atoms with van der Waals surface area (Å²) in [5.74, 6) is -0.0706. The first-order valence-corrected chi connectivity index (χ1v) is 7.99. The Morgan fingerprint density at radius 3 is 2.89 bits per heavy atom. The fourth-order valence-electron chi connectivity index (χ4n) is 1.98. The molecule has 2 rings (SSSR count). The number of nitrogen functional groups attached to an aromatic ring is 1. The Hall–Kier alpha value is -1.34. The van der Waals surface area contributed by atoms with E-state index in [2.05, 4.69) is 10.3 Å². The van der Waals surface area contributed by atoms with Crippen molar-refractivity contribution in [1.29, 1.82) is 0 Å². The number of amides is 1. The van der Waals surface area contributed by atoms with Crippen LogP contribution < -0.4 is 11.1 Å². The number of nitrogens with zero attached hydrogens (tertiary/aromatic N) is 1. The molecule has 1 fully saturated rings. The number of nitrogens with one attached hydrogen (secondary N) is 1. The first-order valence-electron chi connectivity index (χ1n) is 5.80. The summed E-state index contributed by atoms with van der Waals surface area (Å²) in [6.45, 7) is 0. The Bertz CT molecular complexity index is 603. The third kappa shape index (κ3) is 3.57. The van der Waals surface area contributed by atoms with Crippen LogP contribution in [0, 0.1) is 0 Å². The van der Waals surface area contributed by atoms with Crippen molar-refractivity contribution >= 4 is 33.2 Å². The standard InChI is InChI=1S/C11H14ClN3O3S/c12-9-4-7(5-14-10(9)13)11(16)15-8-2-1-3-19(17,18)6-8/h4-5,8H,1-3,6H2,(H2,13,14)(H,15,16). The second-order valence-corrected chi connectivity index (χ2v) is 7.15. The average Bonchev–Trinajstić information content (AvgIpc) is 2.31. The van der Waals surface area contributed by atoms with Gasteiger partial charge >= 0.3 is 0 Å². The zero-order valence-electron chi connectivity index (χ0n) is 10.1. The lowest BCUT2D eigenvalue weighted by molar-refractivity contribution is 0.0938. The maximum atomic E-state index is 11.9. The van der Waals surface area contributed by atoms with E-state index in [-0.39, 0.29) is 34.0 Å². The monoisotopic (exact) mass is 303 g/mol. The number of halogens is 1. The molecular weight excluding hydrogens is 290 g/mol. The van der Waals surface area contributed by atoms with E-state index in [1.807, 2.05) is 0 Å². The summed E-state index contributed by atoms with van der Waals surface area (Å²) >= 11 is 5.78. The van der Waals surface area contributed by atoms with Crippen LogP contribution in [-0.2, 0) is 9.84 Å². The average molecular weight is 304 g/mol. The maximum absolute atomic E-state index is 11.9. The van der Waals surface area contributed by atoms with E-state index in [1.165, 1.54) is 12.3 Å². The predicted octanol–water partition coefficient (Wildman–Crippen LogP) is 0.624. The number of pyridine rings is 1. The summed E-state index contributed by atoms with van der Waals surface area (Å²) in [7, 11) is -3.05. The molecule has 1 amide bonds. The molecule has 1 unspecified atom stereocenters. The van der Waals surface area contributed by atoms with Gasteiger partial charge < -0.3 is 11.1 Å². The zero-order chi connectivity index (χ0) is 14.0. The molecule has 0 saturated carbocycles. The van der Waals surface area contributed by atoms with Gasteiger partial charge in [0.25, 0.3) is 5.91 Å². The summed E-state index contributed by atoms with van der Waals surface area (Å²) in [4.78, 5) is 15.7. The van der Waals surface area contributed by atoms with E-state index in [0.717, 1.165) is 0 Å². The number of sulfone groups is 1. The molecule has 0 radical (unpaired) electrons. The summed E-state index contributed by atoms with van der Waals surface area (Å²) < 4.78 is 23.0. The molecule has 1 atom stereocenters. The number of hydrogen-bond donors (Lipinski definition) is 2. The maximum Gasteiger partial charge on any atom is 0.253 e. The van der Waals surface area contributed by atoms with Gasteiger partial charge in [-0.25, -0.2) is 13.4 Å². The van der Waals surface area contributed by atoms with Crippen LogP contribution in [0.4, 0.5) is 5.82 Å². The lowest BCUT2D eigenvalue weighted by Gasteiger charge is -2.22. The molecule has 0 aliphatic carbocycles. The number of rotatable bonds is 2. The molecule has 1 aliphatic rings. The van der Waals surface area contributed by atoms with E-state index in [1.54, 1.807) is 0 Å².